The van der Waals surface area contributed by atoms with E-state index in [0.29, 0.717) is 0 Å². The predicted molar refractivity (Wildman–Crippen MR) is 48.3 cm³/mol. The van der Waals surface area contributed by atoms with Crippen molar-refractivity contribution in [3.05, 3.63) is 0 Å². The van der Waals surface area contributed by atoms with E-state index in [9.17, 15) is 9.90 Å². The molecule has 0 aromatic heterocycles. The smallest absolute Gasteiger partial charge is 0.319 e. The van der Waals surface area contributed by atoms with E-state index in [-0.39, 0.29) is 24.7 Å². The van der Waals surface area contributed by atoms with Crippen LogP contribution in [0.15, 0.2) is 0 Å². The minimum Gasteiger partial charge on any atom is -0.468 e. The molecule has 1 saturated carbocycles. The highest BCUT2D eigenvalue weighted by molar-refractivity contribution is 5.71. The Kier molecular flexibility index (Phi) is 3.69. The van der Waals surface area contributed by atoms with Gasteiger partial charge < -0.3 is 9.84 Å². The van der Waals surface area contributed by atoms with E-state index < -0.39 is 0 Å². The van der Waals surface area contributed by atoms with Crippen molar-refractivity contribution in [3.8, 4) is 0 Å². The standard InChI is InChI=1S/C9H17NO3/c1-10(6-9(12)13-2)7-4-3-5-8(7)11/h7-8,11H,3-6H2,1-2H3. The molecule has 13 heavy (non-hydrogen) atoms. The fourth-order valence-corrected chi connectivity index (χ4v) is 1.82. The predicted octanol–water partition coefficient (Wildman–Crippen LogP) is 0.00460. The molecular formula is C9H17NO3. The lowest BCUT2D eigenvalue weighted by molar-refractivity contribution is -0.142. The highest BCUT2D eigenvalue weighted by Gasteiger charge is 2.29. The molecule has 76 valence electrons. The fourth-order valence-electron chi connectivity index (χ4n) is 1.82. The topological polar surface area (TPSA) is 49.8 Å². The van der Waals surface area contributed by atoms with Crippen molar-refractivity contribution in [2.24, 2.45) is 0 Å². The summed E-state index contributed by atoms with van der Waals surface area (Å²) in [7, 11) is 3.22. The third kappa shape index (κ3) is 2.67. The number of hydrogen-bond acceptors (Lipinski definition) is 4. The average Bonchev–Trinajstić information content (AvgIpc) is 2.51. The molecule has 1 rings (SSSR count). The molecule has 1 aliphatic rings. The summed E-state index contributed by atoms with van der Waals surface area (Å²) in [5.41, 5.74) is 0. The maximum absolute atomic E-state index is 10.9. The molecule has 2 unspecified atom stereocenters. The molecule has 0 spiro atoms. The molecule has 2 atom stereocenters. The van der Waals surface area contributed by atoms with Gasteiger partial charge in [-0.2, -0.15) is 0 Å². The summed E-state index contributed by atoms with van der Waals surface area (Å²) in [6, 6.07) is 0.124. The van der Waals surface area contributed by atoms with E-state index >= 15 is 0 Å². The number of nitrogens with zero attached hydrogens (tertiary/aromatic N) is 1. The second-order valence-corrected chi connectivity index (χ2v) is 3.56. The minimum absolute atomic E-state index is 0.124. The average molecular weight is 187 g/mol. The normalized spacial score (nSPS) is 28.0. The molecule has 0 heterocycles. The molecule has 1 aliphatic carbocycles. The highest BCUT2D eigenvalue weighted by Crippen LogP contribution is 2.22. The Morgan fingerprint density at radius 2 is 2.31 bits per heavy atom. The number of esters is 1. The molecule has 0 aromatic carbocycles. The number of likely N-dealkylation sites (N-methyl/N-ethyl adjacent to an activating group) is 1. The van der Waals surface area contributed by atoms with Gasteiger partial charge in [-0.25, -0.2) is 0 Å². The molecule has 0 bridgehead atoms. The largest absolute Gasteiger partial charge is 0.468 e. The molecule has 0 radical (unpaired) electrons. The number of methoxy groups -OCH3 is 1. The Bertz CT molecular complexity index is 184. The summed E-state index contributed by atoms with van der Waals surface area (Å²) >= 11 is 0. The van der Waals surface area contributed by atoms with Crippen LogP contribution < -0.4 is 0 Å². The zero-order valence-corrected chi connectivity index (χ0v) is 8.19. The van der Waals surface area contributed by atoms with Crippen molar-refractivity contribution in [2.75, 3.05) is 20.7 Å². The third-order valence-corrected chi connectivity index (χ3v) is 2.62. The van der Waals surface area contributed by atoms with Crippen LogP contribution in [0.2, 0.25) is 0 Å². The van der Waals surface area contributed by atoms with Gasteiger partial charge in [0.05, 0.1) is 19.8 Å². The zero-order valence-electron chi connectivity index (χ0n) is 8.19. The van der Waals surface area contributed by atoms with Crippen molar-refractivity contribution in [3.63, 3.8) is 0 Å². The first-order valence-corrected chi connectivity index (χ1v) is 4.60. The van der Waals surface area contributed by atoms with Gasteiger partial charge in [0.1, 0.15) is 0 Å². The summed E-state index contributed by atoms with van der Waals surface area (Å²) in [6.07, 6.45) is 2.57. The van der Waals surface area contributed by atoms with Gasteiger partial charge in [0.2, 0.25) is 0 Å². The molecule has 4 nitrogen and oxygen atoms in total. The van der Waals surface area contributed by atoms with E-state index in [4.69, 9.17) is 0 Å². The van der Waals surface area contributed by atoms with Crippen LogP contribution in [-0.4, -0.2) is 48.8 Å². The van der Waals surface area contributed by atoms with Gasteiger partial charge >= 0.3 is 5.97 Å². The number of ether oxygens (including phenoxy) is 1. The lowest BCUT2D eigenvalue weighted by Crippen LogP contribution is -2.40. The van der Waals surface area contributed by atoms with Crippen LogP contribution >= 0.6 is 0 Å². The summed E-state index contributed by atoms with van der Waals surface area (Å²) in [4.78, 5) is 12.8. The van der Waals surface area contributed by atoms with Crippen LogP contribution in [0.25, 0.3) is 0 Å². The molecule has 1 N–H and O–H groups in total. The van der Waals surface area contributed by atoms with Crippen molar-refractivity contribution < 1.29 is 14.6 Å². The Balaban J connectivity index is 2.38. The third-order valence-electron chi connectivity index (χ3n) is 2.62. The Morgan fingerprint density at radius 3 is 2.77 bits per heavy atom. The Labute approximate surface area is 78.5 Å². The Hall–Kier alpha value is -0.610. The minimum atomic E-state index is -0.283. The lowest BCUT2D eigenvalue weighted by atomic mass is 10.2. The van der Waals surface area contributed by atoms with E-state index in [1.807, 2.05) is 11.9 Å². The summed E-state index contributed by atoms with van der Waals surface area (Å²) in [6.45, 7) is 0.262. The van der Waals surface area contributed by atoms with Crippen molar-refractivity contribution in [1.29, 1.82) is 0 Å². The van der Waals surface area contributed by atoms with E-state index in [1.165, 1.54) is 7.11 Å². The molecule has 0 aliphatic heterocycles. The van der Waals surface area contributed by atoms with E-state index in [2.05, 4.69) is 4.74 Å². The van der Waals surface area contributed by atoms with E-state index in [0.717, 1.165) is 19.3 Å². The van der Waals surface area contributed by atoms with Crippen molar-refractivity contribution in [1.82, 2.24) is 4.90 Å². The molecule has 0 amide bonds. The number of hydrogen-bond donors (Lipinski definition) is 1. The van der Waals surface area contributed by atoms with Crippen LogP contribution in [0, 0.1) is 0 Å². The first-order chi connectivity index (χ1) is 6.15. The van der Waals surface area contributed by atoms with Crippen LogP contribution in [0.5, 0.6) is 0 Å². The maximum Gasteiger partial charge on any atom is 0.319 e. The van der Waals surface area contributed by atoms with Crippen molar-refractivity contribution >= 4 is 5.97 Å². The first-order valence-electron chi connectivity index (χ1n) is 4.60. The van der Waals surface area contributed by atoms with Gasteiger partial charge in [-0.05, 0) is 26.3 Å². The number of aliphatic hydroxyl groups is 1. The zero-order chi connectivity index (χ0) is 9.84. The van der Waals surface area contributed by atoms with Gasteiger partial charge in [-0.15, -0.1) is 0 Å². The van der Waals surface area contributed by atoms with Gasteiger partial charge in [-0.1, -0.05) is 0 Å². The van der Waals surface area contributed by atoms with E-state index in [1.54, 1.807) is 0 Å². The summed E-state index contributed by atoms with van der Waals surface area (Å²) in [5.74, 6) is -0.249. The SMILES string of the molecule is COC(=O)CN(C)C1CCCC1O. The van der Waals surface area contributed by atoms with Crippen LogP contribution in [-0.2, 0) is 9.53 Å². The molecule has 1 fully saturated rings. The highest BCUT2D eigenvalue weighted by atomic mass is 16.5. The Morgan fingerprint density at radius 1 is 1.62 bits per heavy atom. The molecule has 0 aromatic rings. The van der Waals surface area contributed by atoms with Crippen LogP contribution in [0.4, 0.5) is 0 Å². The van der Waals surface area contributed by atoms with Gasteiger partial charge in [0.25, 0.3) is 0 Å². The lowest BCUT2D eigenvalue weighted by Gasteiger charge is -2.25. The van der Waals surface area contributed by atoms with Gasteiger partial charge in [-0.3, -0.25) is 9.69 Å². The quantitative estimate of drug-likeness (QED) is 0.632. The number of rotatable bonds is 3. The second kappa shape index (κ2) is 4.58. The van der Waals surface area contributed by atoms with Crippen LogP contribution in [0.1, 0.15) is 19.3 Å². The second-order valence-electron chi connectivity index (χ2n) is 3.56. The summed E-state index contributed by atoms with van der Waals surface area (Å²) in [5, 5.41) is 9.55. The number of aliphatic hydroxyl groups excluding tert-OH is 1. The van der Waals surface area contributed by atoms with Crippen molar-refractivity contribution in [2.45, 2.75) is 31.4 Å². The number of carbonyl (C=O) groups excluding carboxylic acids is 1. The summed E-state index contributed by atoms with van der Waals surface area (Å²) < 4.78 is 4.55. The maximum atomic E-state index is 10.9. The monoisotopic (exact) mass is 187 g/mol. The fraction of sp³-hybridized carbons (Fsp3) is 0.889. The molecule has 4 heteroatoms. The molecule has 0 saturated heterocycles. The molecular weight excluding hydrogens is 170 g/mol. The van der Waals surface area contributed by atoms with Crippen LogP contribution in [0.3, 0.4) is 0 Å². The first kappa shape index (κ1) is 10.5. The van der Waals surface area contributed by atoms with Gasteiger partial charge in [0.15, 0.2) is 0 Å². The van der Waals surface area contributed by atoms with Gasteiger partial charge in [0, 0.05) is 6.04 Å². The number of carbonyl (C=O) groups is 1.